The lowest BCUT2D eigenvalue weighted by Gasteiger charge is -2.29. The van der Waals surface area contributed by atoms with Gasteiger partial charge in [-0.1, -0.05) is 13.8 Å². The minimum absolute atomic E-state index is 0.0141. The number of nitrogens with zero attached hydrogens (tertiary/aromatic N) is 2. The van der Waals surface area contributed by atoms with E-state index in [9.17, 15) is 26.8 Å². The van der Waals surface area contributed by atoms with Crippen molar-refractivity contribution in [1.29, 1.82) is 0 Å². The second kappa shape index (κ2) is 9.33. The molecule has 166 valence electrons. The highest BCUT2D eigenvalue weighted by Gasteiger charge is 2.30. The first kappa shape index (κ1) is 23.2. The zero-order chi connectivity index (χ0) is 22.8. The molecule has 0 aliphatic carbocycles. The van der Waals surface area contributed by atoms with E-state index >= 15 is 0 Å². The maximum atomic E-state index is 13.8. The van der Waals surface area contributed by atoms with E-state index in [-0.39, 0.29) is 22.2 Å². The van der Waals surface area contributed by atoms with Crippen LogP contribution in [-0.4, -0.2) is 49.9 Å². The Kier molecular flexibility index (Phi) is 6.97. The van der Waals surface area contributed by atoms with Crippen LogP contribution in [0.25, 0.3) is 0 Å². The van der Waals surface area contributed by atoms with Crippen molar-refractivity contribution in [2.45, 2.75) is 23.6 Å². The lowest BCUT2D eigenvalue weighted by molar-refractivity contribution is -0.120. The maximum absolute atomic E-state index is 13.8. The topological polar surface area (TPSA) is 86.8 Å². The molecule has 1 aliphatic heterocycles. The van der Waals surface area contributed by atoms with Gasteiger partial charge in [-0.25, -0.2) is 17.2 Å². The zero-order valence-electron chi connectivity index (χ0n) is 16.9. The number of nitrogens with one attached hydrogen (secondary N) is 1. The van der Waals surface area contributed by atoms with E-state index in [1.807, 2.05) is 0 Å². The van der Waals surface area contributed by atoms with E-state index in [4.69, 9.17) is 0 Å². The summed E-state index contributed by atoms with van der Waals surface area (Å²) in [4.78, 5) is 26.8. The molecule has 31 heavy (non-hydrogen) atoms. The van der Waals surface area contributed by atoms with Crippen molar-refractivity contribution in [3.63, 3.8) is 0 Å². The standard InChI is InChI=1S/C20H21F2N3O4S2/c1-3-24(4-2)31(28,29)14-6-8-18-17(10-14)25(20(27)12-30-18)11-19(26)23-16-7-5-13(21)9-15(16)22/h5-10H,3-4,11-12H2,1-2H3,(H,23,26). The fourth-order valence-electron chi connectivity index (χ4n) is 3.15. The number of hydrogen-bond donors (Lipinski definition) is 1. The van der Waals surface area contributed by atoms with E-state index in [1.165, 1.54) is 33.1 Å². The summed E-state index contributed by atoms with van der Waals surface area (Å²) in [6.45, 7) is 3.59. The van der Waals surface area contributed by atoms with Crippen LogP contribution >= 0.6 is 11.8 Å². The third kappa shape index (κ3) is 4.89. The van der Waals surface area contributed by atoms with Crippen LogP contribution < -0.4 is 10.2 Å². The van der Waals surface area contributed by atoms with Crippen molar-refractivity contribution in [2.75, 3.05) is 35.6 Å². The Morgan fingerprint density at radius 2 is 1.87 bits per heavy atom. The summed E-state index contributed by atoms with van der Waals surface area (Å²) >= 11 is 1.24. The van der Waals surface area contributed by atoms with Crippen molar-refractivity contribution in [3.05, 3.63) is 48.0 Å². The molecule has 11 heteroatoms. The number of sulfonamides is 1. The summed E-state index contributed by atoms with van der Waals surface area (Å²) in [5.41, 5.74) is 0.0764. The van der Waals surface area contributed by atoms with Crippen molar-refractivity contribution in [1.82, 2.24) is 4.31 Å². The second-order valence-corrected chi connectivity index (χ2v) is 9.61. The van der Waals surface area contributed by atoms with Gasteiger partial charge >= 0.3 is 0 Å². The van der Waals surface area contributed by atoms with Gasteiger partial charge in [0.25, 0.3) is 0 Å². The molecule has 7 nitrogen and oxygen atoms in total. The smallest absolute Gasteiger partial charge is 0.244 e. The predicted molar refractivity (Wildman–Crippen MR) is 115 cm³/mol. The van der Waals surface area contributed by atoms with Gasteiger partial charge in [-0.15, -0.1) is 11.8 Å². The lowest BCUT2D eigenvalue weighted by atomic mass is 10.2. The first-order valence-corrected chi connectivity index (χ1v) is 11.9. The molecule has 2 aromatic carbocycles. The van der Waals surface area contributed by atoms with E-state index in [0.29, 0.717) is 29.7 Å². The highest BCUT2D eigenvalue weighted by molar-refractivity contribution is 8.00. The number of rotatable bonds is 7. The summed E-state index contributed by atoms with van der Waals surface area (Å²) in [6.07, 6.45) is 0. The Morgan fingerprint density at radius 3 is 2.52 bits per heavy atom. The van der Waals surface area contributed by atoms with Crippen LogP contribution in [0, 0.1) is 11.6 Å². The number of carbonyl (C=O) groups excluding carboxylic acids is 2. The third-order valence-corrected chi connectivity index (χ3v) is 7.82. The fraction of sp³-hybridized carbons (Fsp3) is 0.300. The van der Waals surface area contributed by atoms with Crippen LogP contribution in [0.3, 0.4) is 0 Å². The van der Waals surface area contributed by atoms with Crippen LogP contribution in [-0.2, 0) is 19.6 Å². The van der Waals surface area contributed by atoms with Gasteiger partial charge in [0.15, 0.2) is 0 Å². The number of hydrogen-bond acceptors (Lipinski definition) is 5. The van der Waals surface area contributed by atoms with Gasteiger partial charge in [0, 0.05) is 24.1 Å². The first-order chi connectivity index (χ1) is 14.7. The molecule has 1 heterocycles. The quantitative estimate of drug-likeness (QED) is 0.674. The number of thioether (sulfide) groups is 1. The van der Waals surface area contributed by atoms with Crippen LogP contribution in [0.4, 0.5) is 20.2 Å². The van der Waals surface area contributed by atoms with Crippen LogP contribution in [0.2, 0.25) is 0 Å². The van der Waals surface area contributed by atoms with Gasteiger partial charge in [0.05, 0.1) is 22.0 Å². The molecular weight excluding hydrogens is 448 g/mol. The van der Waals surface area contributed by atoms with Crippen molar-refractivity contribution in [3.8, 4) is 0 Å². The van der Waals surface area contributed by atoms with Crippen molar-refractivity contribution < 1.29 is 26.8 Å². The molecule has 0 radical (unpaired) electrons. The van der Waals surface area contributed by atoms with Crippen molar-refractivity contribution in [2.24, 2.45) is 0 Å². The van der Waals surface area contributed by atoms with Gasteiger partial charge in [-0.05, 0) is 30.3 Å². The second-order valence-electron chi connectivity index (χ2n) is 6.66. The van der Waals surface area contributed by atoms with E-state index in [2.05, 4.69) is 5.32 Å². The van der Waals surface area contributed by atoms with E-state index in [1.54, 1.807) is 19.9 Å². The number of fused-ring (bicyclic) bond motifs is 1. The molecule has 0 saturated carbocycles. The molecular formula is C20H21F2N3O4S2. The van der Waals surface area contributed by atoms with E-state index in [0.717, 1.165) is 12.1 Å². The third-order valence-electron chi connectivity index (χ3n) is 4.72. The summed E-state index contributed by atoms with van der Waals surface area (Å²) in [5, 5.41) is 2.31. The molecule has 3 rings (SSSR count). The van der Waals surface area contributed by atoms with Gasteiger partial charge in [-0.3, -0.25) is 9.59 Å². The normalized spacial score (nSPS) is 14.0. The van der Waals surface area contributed by atoms with Gasteiger partial charge in [0.2, 0.25) is 21.8 Å². The SMILES string of the molecule is CCN(CC)S(=O)(=O)c1ccc2c(c1)N(CC(=O)Nc1ccc(F)cc1F)C(=O)CS2. The number of anilines is 2. The molecule has 0 atom stereocenters. The van der Waals surface area contributed by atoms with Crippen LogP contribution in [0.5, 0.6) is 0 Å². The monoisotopic (exact) mass is 469 g/mol. The first-order valence-electron chi connectivity index (χ1n) is 9.49. The average Bonchev–Trinajstić information content (AvgIpc) is 2.72. The average molecular weight is 470 g/mol. The molecule has 0 saturated heterocycles. The summed E-state index contributed by atoms with van der Waals surface area (Å²) in [7, 11) is -3.76. The Bertz CT molecular complexity index is 1120. The minimum atomic E-state index is -3.76. The molecule has 0 unspecified atom stereocenters. The van der Waals surface area contributed by atoms with Gasteiger partial charge in [0.1, 0.15) is 18.2 Å². The molecule has 0 spiro atoms. The molecule has 0 bridgehead atoms. The molecule has 1 N–H and O–H groups in total. The number of halogens is 2. The zero-order valence-corrected chi connectivity index (χ0v) is 18.5. The number of amides is 2. The van der Waals surface area contributed by atoms with Gasteiger partial charge in [-0.2, -0.15) is 4.31 Å². The highest BCUT2D eigenvalue weighted by Crippen LogP contribution is 2.37. The molecule has 2 aromatic rings. The molecule has 0 aromatic heterocycles. The lowest BCUT2D eigenvalue weighted by Crippen LogP contribution is -2.41. The van der Waals surface area contributed by atoms with Crippen molar-refractivity contribution >= 4 is 45.0 Å². The summed E-state index contributed by atoms with van der Waals surface area (Å²) < 4.78 is 53.9. The molecule has 2 amide bonds. The predicted octanol–water partition coefficient (Wildman–Crippen LogP) is 3.07. The number of carbonyl (C=O) groups is 2. The Hall–Kier alpha value is -2.50. The maximum Gasteiger partial charge on any atom is 0.244 e. The Labute approximate surface area is 183 Å². The fourth-order valence-corrected chi connectivity index (χ4v) is 5.55. The molecule has 1 aliphatic rings. The molecule has 0 fully saturated rings. The summed E-state index contributed by atoms with van der Waals surface area (Å²) in [5.74, 6) is -2.73. The highest BCUT2D eigenvalue weighted by atomic mass is 32.2. The minimum Gasteiger partial charge on any atom is -0.322 e. The Morgan fingerprint density at radius 1 is 1.16 bits per heavy atom. The largest absolute Gasteiger partial charge is 0.322 e. The summed E-state index contributed by atoms with van der Waals surface area (Å²) in [6, 6.07) is 7.17. The van der Waals surface area contributed by atoms with Crippen LogP contribution in [0.15, 0.2) is 46.2 Å². The van der Waals surface area contributed by atoms with Crippen LogP contribution in [0.1, 0.15) is 13.8 Å². The number of benzene rings is 2. The van der Waals surface area contributed by atoms with E-state index < -0.39 is 34.1 Å². The van der Waals surface area contributed by atoms with Gasteiger partial charge < -0.3 is 10.2 Å². The Balaban J connectivity index is 1.89.